The zero-order valence-corrected chi connectivity index (χ0v) is 42.6. The van der Waals surface area contributed by atoms with Gasteiger partial charge in [-0.2, -0.15) is 0 Å². The fraction of sp³-hybridized carbons (Fsp3) is 0.276. The average molecular weight is 1050 g/mol. The second-order valence-electron chi connectivity index (χ2n) is 16.4. The summed E-state index contributed by atoms with van der Waals surface area (Å²) in [6, 6.07) is 29.4. The van der Waals surface area contributed by atoms with Crippen LogP contribution in [0.1, 0.15) is 107 Å². The van der Waals surface area contributed by atoms with E-state index in [0.717, 1.165) is 56.2 Å². The van der Waals surface area contributed by atoms with Crippen LogP contribution in [0.15, 0.2) is 141 Å². The molecule has 0 amide bonds. The maximum absolute atomic E-state index is 12.5. The Morgan fingerprint density at radius 2 is 0.697 bits per heavy atom. The molecule has 0 radical (unpaired) electrons. The van der Waals surface area contributed by atoms with Crippen LogP contribution in [0.25, 0.3) is 0 Å². The summed E-state index contributed by atoms with van der Waals surface area (Å²) in [4.78, 5) is 93.9. The number of carbonyl (C=O) groups excluding carboxylic acids is 8. The minimum Gasteiger partial charge on any atom is -0.463 e. The van der Waals surface area contributed by atoms with Gasteiger partial charge in [0.1, 0.15) is 34.5 Å². The second-order valence-corrected chi connectivity index (χ2v) is 16.4. The Balaban J connectivity index is 0.000000346. The van der Waals surface area contributed by atoms with E-state index < -0.39 is 48.1 Å². The summed E-state index contributed by atoms with van der Waals surface area (Å²) in [5, 5.41) is 0. The van der Waals surface area contributed by atoms with Crippen LogP contribution in [0.3, 0.4) is 0 Å². The topological polar surface area (TPSA) is 229 Å². The Morgan fingerprint density at radius 1 is 0.382 bits per heavy atom. The molecule has 5 rings (SSSR count). The Labute approximate surface area is 440 Å². The summed E-state index contributed by atoms with van der Waals surface area (Å²) >= 11 is 0. The first kappa shape index (κ1) is 59.5. The first-order valence-corrected chi connectivity index (χ1v) is 24.2. The van der Waals surface area contributed by atoms with Gasteiger partial charge in [0.15, 0.2) is 0 Å². The van der Waals surface area contributed by atoms with Gasteiger partial charge in [-0.3, -0.25) is 4.79 Å². The van der Waals surface area contributed by atoms with Crippen LogP contribution in [-0.2, 0) is 33.3 Å². The molecule has 5 aromatic rings. The quantitative estimate of drug-likeness (QED) is 0.0125. The van der Waals surface area contributed by atoms with Crippen molar-refractivity contribution in [2.75, 3.05) is 26.4 Å². The van der Waals surface area contributed by atoms with Crippen molar-refractivity contribution < 1.29 is 85.7 Å². The predicted octanol–water partition coefficient (Wildman–Crippen LogP) is 11.6. The lowest BCUT2D eigenvalue weighted by atomic mass is 10.1. The molecule has 0 bridgehead atoms. The lowest BCUT2D eigenvalue weighted by molar-refractivity contribution is -0.138. The normalized spacial score (nSPS) is 10.2. The van der Waals surface area contributed by atoms with Crippen molar-refractivity contribution in [2.45, 2.75) is 78.6 Å². The van der Waals surface area contributed by atoms with Crippen LogP contribution in [0.5, 0.6) is 34.5 Å². The molecule has 400 valence electrons. The Morgan fingerprint density at radius 3 is 1.05 bits per heavy atom. The van der Waals surface area contributed by atoms with Crippen molar-refractivity contribution in [3.05, 3.63) is 168 Å². The molecule has 0 aliphatic carbocycles. The highest BCUT2D eigenvalue weighted by atomic mass is 16.7. The number of rotatable bonds is 26. The van der Waals surface area contributed by atoms with Gasteiger partial charge in [-0.05, 0) is 161 Å². The smallest absolute Gasteiger partial charge is 0.463 e. The third-order valence-electron chi connectivity index (χ3n) is 10.3. The van der Waals surface area contributed by atoms with Crippen LogP contribution in [0.4, 0.5) is 9.59 Å². The van der Waals surface area contributed by atoms with Crippen molar-refractivity contribution >= 4 is 48.1 Å². The number of ether oxygens (including phenoxy) is 10. The fourth-order valence-electron chi connectivity index (χ4n) is 6.35. The zero-order chi connectivity index (χ0) is 55.1. The third kappa shape index (κ3) is 23.2. The summed E-state index contributed by atoms with van der Waals surface area (Å²) in [5.74, 6) is -1.32. The fourth-order valence-corrected chi connectivity index (χ4v) is 6.35. The number of unbranched alkanes of at least 4 members (excludes halogenated alkanes) is 7. The molecule has 0 fully saturated rings. The van der Waals surface area contributed by atoms with Gasteiger partial charge in [0.25, 0.3) is 0 Å². The van der Waals surface area contributed by atoms with E-state index in [1.807, 2.05) is 19.1 Å². The molecule has 5 aromatic carbocycles. The molecular formula is C58H60O18. The minimum absolute atomic E-state index is 0.177. The SMILES string of the molecule is C=CC(=O)OCCCCCCCOC(=O)Oc1ccc(C(=O)Oc2ccc(C)cc2)cc1.C=CC(=O)OCCCCCCOC(=O)Oc1ccc(C(=O)Oc2ccc(C(=O)Oc3ccc(OC(C)=O)c(C)c3)cc2)cc1. The summed E-state index contributed by atoms with van der Waals surface area (Å²) in [6.45, 7) is 12.8. The van der Waals surface area contributed by atoms with Gasteiger partial charge in [-0.15, -0.1) is 0 Å². The molecule has 0 saturated carbocycles. The highest BCUT2D eigenvalue weighted by molar-refractivity contribution is 5.93. The average Bonchev–Trinajstić information content (AvgIpc) is 3.41. The monoisotopic (exact) mass is 1040 g/mol. The first-order valence-electron chi connectivity index (χ1n) is 24.2. The number of hydrogen-bond donors (Lipinski definition) is 0. The summed E-state index contributed by atoms with van der Waals surface area (Å²) < 4.78 is 51.2. The molecule has 0 saturated heterocycles. The predicted molar refractivity (Wildman–Crippen MR) is 276 cm³/mol. The number of esters is 6. The van der Waals surface area contributed by atoms with Crippen LogP contribution in [0.2, 0.25) is 0 Å². The van der Waals surface area contributed by atoms with Gasteiger partial charge in [-0.1, -0.05) is 50.1 Å². The van der Waals surface area contributed by atoms with E-state index in [1.165, 1.54) is 91.9 Å². The molecule has 76 heavy (non-hydrogen) atoms. The molecule has 0 N–H and O–H groups in total. The highest BCUT2D eigenvalue weighted by Crippen LogP contribution is 2.25. The van der Waals surface area contributed by atoms with Crippen molar-refractivity contribution in [1.29, 1.82) is 0 Å². The maximum atomic E-state index is 12.5. The molecule has 0 spiro atoms. The summed E-state index contributed by atoms with van der Waals surface area (Å²) in [5.41, 5.74) is 2.47. The lowest BCUT2D eigenvalue weighted by Gasteiger charge is -2.09. The molecule has 0 heterocycles. The molecule has 0 atom stereocenters. The van der Waals surface area contributed by atoms with E-state index >= 15 is 0 Å². The van der Waals surface area contributed by atoms with E-state index in [1.54, 1.807) is 25.1 Å². The van der Waals surface area contributed by atoms with E-state index in [0.29, 0.717) is 55.1 Å². The summed E-state index contributed by atoms with van der Waals surface area (Å²) in [7, 11) is 0. The highest BCUT2D eigenvalue weighted by Gasteiger charge is 2.15. The molecule has 18 heteroatoms. The van der Waals surface area contributed by atoms with Gasteiger partial charge in [-0.25, -0.2) is 33.6 Å². The van der Waals surface area contributed by atoms with Crippen molar-refractivity contribution in [2.24, 2.45) is 0 Å². The van der Waals surface area contributed by atoms with Crippen molar-refractivity contribution in [3.8, 4) is 34.5 Å². The molecule has 0 unspecified atom stereocenters. The van der Waals surface area contributed by atoms with Crippen LogP contribution < -0.4 is 28.4 Å². The van der Waals surface area contributed by atoms with E-state index in [4.69, 9.17) is 47.4 Å². The zero-order valence-electron chi connectivity index (χ0n) is 42.6. The number of benzene rings is 5. The standard InChI is InChI=1S/C33H32O11.C25H28O7/c1-4-30(35)39-19-7-5-6-8-20-40-33(38)44-27-15-11-24(12-16-27)31(36)42-26-13-9-25(10-14-26)32(37)43-28-17-18-29(22(2)21-28)41-23(3)34;1-3-23(26)29-17-7-5-4-6-8-18-30-25(28)32-22-15-11-20(12-16-22)24(27)31-21-13-9-19(2)10-14-21/h4,9-18,21H,1,5-8,19-20H2,2-3H3;3,9-16H,1,4-8,17-18H2,2H3. The van der Waals surface area contributed by atoms with Gasteiger partial charge in [0.05, 0.1) is 43.1 Å². The molecule has 0 aliphatic rings. The van der Waals surface area contributed by atoms with E-state index in [-0.39, 0.29) is 47.3 Å². The van der Waals surface area contributed by atoms with Gasteiger partial charge < -0.3 is 47.4 Å². The first-order chi connectivity index (χ1) is 36.6. The van der Waals surface area contributed by atoms with E-state index in [9.17, 15) is 38.4 Å². The van der Waals surface area contributed by atoms with Crippen LogP contribution in [0, 0.1) is 13.8 Å². The van der Waals surface area contributed by atoms with Crippen LogP contribution >= 0.6 is 0 Å². The van der Waals surface area contributed by atoms with E-state index in [2.05, 4.69) is 13.2 Å². The second kappa shape index (κ2) is 32.9. The molecule has 18 nitrogen and oxygen atoms in total. The number of hydrogen-bond acceptors (Lipinski definition) is 18. The van der Waals surface area contributed by atoms with Crippen LogP contribution in [-0.4, -0.2) is 74.6 Å². The largest absolute Gasteiger partial charge is 0.513 e. The molecule has 0 aromatic heterocycles. The lowest BCUT2D eigenvalue weighted by Crippen LogP contribution is -2.12. The Bertz CT molecular complexity index is 2730. The number of aryl methyl sites for hydroxylation is 2. The maximum Gasteiger partial charge on any atom is 0.513 e. The Hall–Kier alpha value is -9.06. The third-order valence-corrected chi connectivity index (χ3v) is 10.3. The van der Waals surface area contributed by atoms with Crippen molar-refractivity contribution in [3.63, 3.8) is 0 Å². The molecule has 0 aliphatic heterocycles. The molecular weight excluding hydrogens is 985 g/mol. The van der Waals surface area contributed by atoms with Gasteiger partial charge >= 0.3 is 48.1 Å². The number of carbonyl (C=O) groups is 8. The Kier molecular flexibility index (Phi) is 25.8. The van der Waals surface area contributed by atoms with Gasteiger partial charge in [0.2, 0.25) is 0 Å². The summed E-state index contributed by atoms with van der Waals surface area (Å²) in [6.07, 6.45) is 7.79. The minimum atomic E-state index is -0.868. The van der Waals surface area contributed by atoms with Gasteiger partial charge in [0, 0.05) is 19.1 Å². The van der Waals surface area contributed by atoms with Crippen molar-refractivity contribution in [1.82, 2.24) is 0 Å².